The van der Waals surface area contributed by atoms with E-state index >= 15 is 0 Å². The van der Waals surface area contributed by atoms with Crippen molar-refractivity contribution < 1.29 is 23.9 Å². The number of fused-ring (bicyclic) bond motifs is 1. The van der Waals surface area contributed by atoms with Gasteiger partial charge in [0.25, 0.3) is 11.7 Å². The summed E-state index contributed by atoms with van der Waals surface area (Å²) in [6, 6.07) is 11.9. The Morgan fingerprint density at radius 2 is 1.74 bits per heavy atom. The number of nitrogens with zero attached hydrogens (tertiary/aromatic N) is 1. The average Bonchev–Trinajstić information content (AvgIpc) is 2.93. The summed E-state index contributed by atoms with van der Waals surface area (Å²) in [6.07, 6.45) is 0. The summed E-state index contributed by atoms with van der Waals surface area (Å²) in [4.78, 5) is 49.8. The van der Waals surface area contributed by atoms with Crippen LogP contribution in [-0.4, -0.2) is 36.2 Å². The number of rotatable bonds is 5. The van der Waals surface area contributed by atoms with Gasteiger partial charge in [-0.2, -0.15) is 0 Å². The van der Waals surface area contributed by atoms with Gasteiger partial charge in [0.1, 0.15) is 6.04 Å². The first-order chi connectivity index (χ1) is 12.9. The van der Waals surface area contributed by atoms with E-state index in [1.54, 1.807) is 50.2 Å². The van der Waals surface area contributed by atoms with Crippen molar-refractivity contribution in [3.8, 4) is 0 Å². The van der Waals surface area contributed by atoms with Gasteiger partial charge in [-0.25, -0.2) is 4.79 Å². The number of esters is 1. The average molecular weight is 366 g/mol. The molecular weight excluding hydrogens is 348 g/mol. The molecule has 7 heteroatoms. The summed E-state index contributed by atoms with van der Waals surface area (Å²) < 4.78 is 4.91. The van der Waals surface area contributed by atoms with Crippen LogP contribution in [0.15, 0.2) is 48.5 Å². The van der Waals surface area contributed by atoms with Crippen LogP contribution in [0.2, 0.25) is 0 Å². The van der Waals surface area contributed by atoms with Gasteiger partial charge in [0.05, 0.1) is 23.4 Å². The number of carbonyl (C=O) groups is 4. The van der Waals surface area contributed by atoms with Crippen LogP contribution in [0, 0.1) is 0 Å². The van der Waals surface area contributed by atoms with Gasteiger partial charge in [-0.15, -0.1) is 0 Å². The fourth-order valence-electron chi connectivity index (χ4n) is 2.86. The van der Waals surface area contributed by atoms with Crippen LogP contribution in [0.1, 0.15) is 34.6 Å². The molecule has 1 atom stereocenters. The Bertz CT molecular complexity index is 920. The minimum atomic E-state index is -0.880. The molecule has 2 aromatic carbocycles. The largest absolute Gasteiger partial charge is 0.462 e. The molecule has 0 spiro atoms. The first-order valence-corrected chi connectivity index (χ1v) is 8.49. The number of anilines is 2. The third-order valence-electron chi connectivity index (χ3n) is 4.25. The van der Waals surface area contributed by atoms with E-state index in [1.165, 1.54) is 17.0 Å². The minimum absolute atomic E-state index is 0.277. The monoisotopic (exact) mass is 366 g/mol. The van der Waals surface area contributed by atoms with Gasteiger partial charge in [-0.1, -0.05) is 12.1 Å². The van der Waals surface area contributed by atoms with Crippen molar-refractivity contribution >= 4 is 34.9 Å². The molecule has 0 aliphatic carbocycles. The number of hydrogen-bond acceptors (Lipinski definition) is 5. The summed E-state index contributed by atoms with van der Waals surface area (Å²) in [5.41, 5.74) is 1.55. The number of benzene rings is 2. The molecule has 138 valence electrons. The summed E-state index contributed by atoms with van der Waals surface area (Å²) in [7, 11) is 0. The van der Waals surface area contributed by atoms with Crippen LogP contribution >= 0.6 is 0 Å². The molecule has 0 aromatic heterocycles. The highest BCUT2D eigenvalue weighted by molar-refractivity contribution is 6.52. The first-order valence-electron chi connectivity index (χ1n) is 8.49. The Morgan fingerprint density at radius 3 is 2.41 bits per heavy atom. The maximum atomic E-state index is 12.6. The molecule has 1 heterocycles. The number of carbonyl (C=O) groups excluding carboxylic acids is 4. The molecule has 1 unspecified atom stereocenters. The third kappa shape index (κ3) is 3.44. The van der Waals surface area contributed by atoms with Gasteiger partial charge >= 0.3 is 5.97 Å². The predicted molar refractivity (Wildman–Crippen MR) is 98.7 cm³/mol. The molecule has 0 saturated carbocycles. The zero-order chi connectivity index (χ0) is 19.6. The second-order valence-electron chi connectivity index (χ2n) is 5.98. The van der Waals surface area contributed by atoms with Crippen molar-refractivity contribution in [2.45, 2.75) is 19.9 Å². The van der Waals surface area contributed by atoms with Gasteiger partial charge in [-0.3, -0.25) is 19.3 Å². The summed E-state index contributed by atoms with van der Waals surface area (Å²) in [5, 5.41) is 2.69. The lowest BCUT2D eigenvalue weighted by Gasteiger charge is -2.23. The van der Waals surface area contributed by atoms with E-state index in [9.17, 15) is 19.2 Å². The Labute approximate surface area is 155 Å². The van der Waals surface area contributed by atoms with Gasteiger partial charge in [-0.05, 0) is 50.2 Å². The maximum Gasteiger partial charge on any atom is 0.338 e. The highest BCUT2D eigenvalue weighted by Gasteiger charge is 2.40. The van der Waals surface area contributed by atoms with Crippen molar-refractivity contribution in [2.24, 2.45) is 0 Å². The lowest BCUT2D eigenvalue weighted by Crippen LogP contribution is -2.45. The van der Waals surface area contributed by atoms with Crippen LogP contribution in [0.5, 0.6) is 0 Å². The number of ketones is 1. The van der Waals surface area contributed by atoms with E-state index in [0.29, 0.717) is 22.5 Å². The van der Waals surface area contributed by atoms with Gasteiger partial charge in [0.15, 0.2) is 0 Å². The Balaban J connectivity index is 1.74. The molecule has 2 amide bonds. The smallest absolute Gasteiger partial charge is 0.338 e. The molecule has 1 aliphatic rings. The molecule has 1 aliphatic heterocycles. The predicted octanol–water partition coefficient (Wildman–Crippen LogP) is 2.42. The van der Waals surface area contributed by atoms with E-state index in [-0.39, 0.29) is 6.61 Å². The highest BCUT2D eigenvalue weighted by atomic mass is 16.5. The van der Waals surface area contributed by atoms with Gasteiger partial charge < -0.3 is 10.1 Å². The van der Waals surface area contributed by atoms with E-state index in [0.717, 1.165) is 0 Å². The van der Waals surface area contributed by atoms with Gasteiger partial charge in [0.2, 0.25) is 5.91 Å². The number of nitrogens with one attached hydrogen (secondary N) is 1. The summed E-state index contributed by atoms with van der Waals surface area (Å²) in [6.45, 7) is 3.55. The zero-order valence-corrected chi connectivity index (χ0v) is 14.9. The van der Waals surface area contributed by atoms with E-state index in [4.69, 9.17) is 4.74 Å². The number of amides is 2. The van der Waals surface area contributed by atoms with E-state index in [1.807, 2.05) is 0 Å². The highest BCUT2D eigenvalue weighted by Crippen LogP contribution is 2.30. The van der Waals surface area contributed by atoms with Crippen LogP contribution in [-0.2, 0) is 14.3 Å². The number of Topliss-reactive ketones (excluding diaryl/α,β-unsaturated/α-hetero) is 1. The van der Waals surface area contributed by atoms with Crippen molar-refractivity contribution in [3.63, 3.8) is 0 Å². The van der Waals surface area contributed by atoms with Crippen molar-refractivity contribution in [1.29, 1.82) is 0 Å². The standard InChI is InChI=1S/C20H18N2O5/c1-3-27-20(26)13-8-10-14(11-9-13)21-18(24)12(2)22-16-7-5-4-6-15(16)17(23)19(22)25/h4-12H,3H2,1-2H3,(H,21,24). The molecule has 0 bridgehead atoms. The number of para-hydroxylation sites is 1. The van der Waals surface area contributed by atoms with Crippen LogP contribution in [0.4, 0.5) is 11.4 Å². The molecule has 2 aromatic rings. The molecule has 0 saturated heterocycles. The number of ether oxygens (including phenoxy) is 1. The lowest BCUT2D eigenvalue weighted by molar-refractivity contribution is -0.120. The minimum Gasteiger partial charge on any atom is -0.462 e. The normalized spacial score (nSPS) is 13.9. The zero-order valence-electron chi connectivity index (χ0n) is 14.9. The molecule has 0 fully saturated rings. The summed E-state index contributed by atoms with van der Waals surface area (Å²) >= 11 is 0. The molecule has 7 nitrogen and oxygen atoms in total. The molecule has 27 heavy (non-hydrogen) atoms. The first kappa shape index (κ1) is 18.3. The quantitative estimate of drug-likeness (QED) is 0.648. The lowest BCUT2D eigenvalue weighted by atomic mass is 10.1. The van der Waals surface area contributed by atoms with Crippen molar-refractivity contribution in [3.05, 3.63) is 59.7 Å². The fourth-order valence-corrected chi connectivity index (χ4v) is 2.86. The van der Waals surface area contributed by atoms with Crippen LogP contribution in [0.25, 0.3) is 0 Å². The fraction of sp³-hybridized carbons (Fsp3) is 0.200. The Hall–Kier alpha value is -3.48. The summed E-state index contributed by atoms with van der Waals surface area (Å²) in [5.74, 6) is -2.24. The van der Waals surface area contributed by atoms with E-state index in [2.05, 4.69) is 5.32 Å². The third-order valence-corrected chi connectivity index (χ3v) is 4.25. The SMILES string of the molecule is CCOC(=O)c1ccc(NC(=O)C(C)N2C(=O)C(=O)c3ccccc32)cc1. The number of hydrogen-bond donors (Lipinski definition) is 1. The molecule has 0 radical (unpaired) electrons. The van der Waals surface area contributed by atoms with Crippen molar-refractivity contribution in [2.75, 3.05) is 16.8 Å². The Kier molecular flexibility index (Phi) is 5.03. The van der Waals surface area contributed by atoms with Crippen molar-refractivity contribution in [1.82, 2.24) is 0 Å². The van der Waals surface area contributed by atoms with E-state index < -0.39 is 29.6 Å². The second-order valence-corrected chi connectivity index (χ2v) is 5.98. The topological polar surface area (TPSA) is 92.8 Å². The molecule has 1 N–H and O–H groups in total. The Morgan fingerprint density at radius 1 is 1.07 bits per heavy atom. The van der Waals surface area contributed by atoms with Crippen LogP contribution in [0.3, 0.4) is 0 Å². The van der Waals surface area contributed by atoms with Crippen LogP contribution < -0.4 is 10.2 Å². The molecular formula is C20H18N2O5. The maximum absolute atomic E-state index is 12.6. The van der Waals surface area contributed by atoms with Gasteiger partial charge in [0, 0.05) is 5.69 Å². The molecule has 3 rings (SSSR count). The second kappa shape index (κ2) is 7.41.